The maximum atomic E-state index is 11.8. The molecule has 1 fully saturated rings. The van der Waals surface area contributed by atoms with Crippen molar-refractivity contribution < 1.29 is 9.90 Å². The molecule has 4 heteroatoms. The number of likely N-dealkylation sites (tertiary alicyclic amines) is 1. The van der Waals surface area contributed by atoms with E-state index in [2.05, 4.69) is 5.32 Å². The number of nitrogens with zero attached hydrogens (tertiary/aromatic N) is 1. The fourth-order valence-corrected chi connectivity index (χ4v) is 1.88. The van der Waals surface area contributed by atoms with Gasteiger partial charge in [0.15, 0.2) is 0 Å². The van der Waals surface area contributed by atoms with Crippen molar-refractivity contribution in [2.75, 3.05) is 19.6 Å². The van der Waals surface area contributed by atoms with Crippen LogP contribution in [0.3, 0.4) is 0 Å². The Morgan fingerprint density at radius 3 is 3.00 bits per heavy atom. The van der Waals surface area contributed by atoms with Crippen LogP contribution >= 0.6 is 0 Å². The van der Waals surface area contributed by atoms with Gasteiger partial charge in [0, 0.05) is 13.1 Å². The number of rotatable bonds is 4. The van der Waals surface area contributed by atoms with Crippen LogP contribution in [0.25, 0.3) is 0 Å². The fourth-order valence-electron chi connectivity index (χ4n) is 1.88. The first-order chi connectivity index (χ1) is 6.65. The summed E-state index contributed by atoms with van der Waals surface area (Å²) in [5.74, 6) is 0.138. The highest BCUT2D eigenvalue weighted by Gasteiger charge is 2.28. The first-order valence-electron chi connectivity index (χ1n) is 5.35. The van der Waals surface area contributed by atoms with Gasteiger partial charge in [0.05, 0.1) is 12.1 Å². The summed E-state index contributed by atoms with van der Waals surface area (Å²) in [6.07, 6.45) is 1.51. The van der Waals surface area contributed by atoms with E-state index in [0.29, 0.717) is 6.54 Å². The van der Waals surface area contributed by atoms with E-state index in [1.165, 1.54) is 0 Å². The van der Waals surface area contributed by atoms with Crippen LogP contribution in [0, 0.1) is 0 Å². The Bertz CT molecular complexity index is 193. The van der Waals surface area contributed by atoms with Gasteiger partial charge in [0.2, 0.25) is 5.91 Å². The minimum Gasteiger partial charge on any atom is -0.392 e. The molecule has 1 rings (SSSR count). The Morgan fingerprint density at radius 1 is 1.71 bits per heavy atom. The lowest BCUT2D eigenvalue weighted by molar-refractivity contribution is -0.137. The molecule has 2 N–H and O–H groups in total. The largest absolute Gasteiger partial charge is 0.392 e. The van der Waals surface area contributed by atoms with Crippen molar-refractivity contribution in [3.63, 3.8) is 0 Å². The third kappa shape index (κ3) is 2.96. The first kappa shape index (κ1) is 11.5. The zero-order chi connectivity index (χ0) is 10.6. The average Bonchev–Trinajstić information content (AvgIpc) is 2.11. The van der Waals surface area contributed by atoms with Gasteiger partial charge in [-0.25, -0.2) is 0 Å². The van der Waals surface area contributed by atoms with Crippen molar-refractivity contribution in [3.05, 3.63) is 0 Å². The second kappa shape index (κ2) is 5.32. The number of piperidine rings is 1. The molecule has 1 amide bonds. The molecule has 1 heterocycles. The van der Waals surface area contributed by atoms with E-state index in [1.807, 2.05) is 6.92 Å². The second-order valence-electron chi connectivity index (χ2n) is 3.89. The zero-order valence-electron chi connectivity index (χ0n) is 8.99. The monoisotopic (exact) mass is 200 g/mol. The van der Waals surface area contributed by atoms with Gasteiger partial charge >= 0.3 is 0 Å². The third-order valence-electron chi connectivity index (χ3n) is 2.47. The molecule has 0 saturated carbocycles. The van der Waals surface area contributed by atoms with Gasteiger partial charge in [-0.05, 0) is 26.3 Å². The molecular weight excluding hydrogens is 180 g/mol. The van der Waals surface area contributed by atoms with Crippen molar-refractivity contribution in [2.24, 2.45) is 0 Å². The molecule has 0 aromatic heterocycles. The molecule has 14 heavy (non-hydrogen) atoms. The molecule has 1 saturated heterocycles. The van der Waals surface area contributed by atoms with Gasteiger partial charge in [0.1, 0.15) is 0 Å². The van der Waals surface area contributed by atoms with Crippen molar-refractivity contribution in [1.29, 1.82) is 0 Å². The van der Waals surface area contributed by atoms with Crippen LogP contribution in [0.1, 0.15) is 26.7 Å². The highest BCUT2D eigenvalue weighted by atomic mass is 16.3. The topological polar surface area (TPSA) is 52.6 Å². The van der Waals surface area contributed by atoms with Crippen LogP contribution in [-0.4, -0.2) is 47.7 Å². The molecule has 0 radical (unpaired) electrons. The summed E-state index contributed by atoms with van der Waals surface area (Å²) in [5.41, 5.74) is 0. The van der Waals surface area contributed by atoms with Crippen LogP contribution in [-0.2, 0) is 4.79 Å². The fraction of sp³-hybridized carbons (Fsp3) is 0.900. The van der Waals surface area contributed by atoms with E-state index >= 15 is 0 Å². The second-order valence-corrected chi connectivity index (χ2v) is 3.89. The third-order valence-corrected chi connectivity index (χ3v) is 2.47. The Labute approximate surface area is 85.3 Å². The number of likely N-dealkylation sites (N-methyl/N-ethyl adjacent to an activating group) is 1. The van der Waals surface area contributed by atoms with E-state index in [1.54, 1.807) is 11.8 Å². The SMILES string of the molecule is CCNC1CCCN(CC(C)O)C1=O. The molecule has 0 bridgehead atoms. The number of carbonyl (C=O) groups excluding carboxylic acids is 1. The van der Waals surface area contributed by atoms with Crippen LogP contribution in [0.5, 0.6) is 0 Å². The van der Waals surface area contributed by atoms with Gasteiger partial charge in [-0.3, -0.25) is 4.79 Å². The maximum absolute atomic E-state index is 11.8. The molecular formula is C10H20N2O2. The van der Waals surface area contributed by atoms with Gasteiger partial charge in [0.25, 0.3) is 0 Å². The quantitative estimate of drug-likeness (QED) is 0.670. The smallest absolute Gasteiger partial charge is 0.239 e. The molecule has 1 aliphatic heterocycles. The summed E-state index contributed by atoms with van der Waals surface area (Å²) >= 11 is 0. The molecule has 82 valence electrons. The van der Waals surface area contributed by atoms with E-state index in [9.17, 15) is 9.90 Å². The molecule has 0 aromatic carbocycles. The standard InChI is InChI=1S/C10H20N2O2/c1-3-11-9-5-4-6-12(10(9)14)7-8(2)13/h8-9,11,13H,3-7H2,1-2H3. The van der Waals surface area contributed by atoms with Crippen LogP contribution < -0.4 is 5.32 Å². The first-order valence-corrected chi connectivity index (χ1v) is 5.35. The summed E-state index contributed by atoms with van der Waals surface area (Å²) in [6, 6.07) is -0.0347. The average molecular weight is 200 g/mol. The molecule has 2 unspecified atom stereocenters. The lowest BCUT2D eigenvalue weighted by Crippen LogP contribution is -2.52. The van der Waals surface area contributed by atoms with E-state index in [-0.39, 0.29) is 11.9 Å². The lowest BCUT2D eigenvalue weighted by Gasteiger charge is -2.33. The van der Waals surface area contributed by atoms with Gasteiger partial charge in [-0.15, -0.1) is 0 Å². The number of amides is 1. The summed E-state index contributed by atoms with van der Waals surface area (Å²) in [7, 11) is 0. The molecule has 2 atom stereocenters. The highest BCUT2D eigenvalue weighted by molar-refractivity contribution is 5.82. The molecule has 0 spiro atoms. The molecule has 0 aliphatic carbocycles. The summed E-state index contributed by atoms with van der Waals surface area (Å²) in [4.78, 5) is 13.6. The number of nitrogens with one attached hydrogen (secondary N) is 1. The number of aliphatic hydroxyl groups is 1. The van der Waals surface area contributed by atoms with Gasteiger partial charge in [-0.1, -0.05) is 6.92 Å². The molecule has 4 nitrogen and oxygen atoms in total. The van der Waals surface area contributed by atoms with E-state index in [0.717, 1.165) is 25.9 Å². The predicted molar refractivity (Wildman–Crippen MR) is 55.0 cm³/mol. The molecule has 0 aromatic rings. The Morgan fingerprint density at radius 2 is 2.43 bits per heavy atom. The predicted octanol–water partition coefficient (Wildman–Crippen LogP) is -0.0323. The number of β-amino-alcohol motifs (C(OH)–C–C–N with tert-alkyl or cyclic N) is 1. The van der Waals surface area contributed by atoms with E-state index < -0.39 is 6.10 Å². The Balaban J connectivity index is 2.48. The van der Waals surface area contributed by atoms with Crippen LogP contribution in [0.4, 0.5) is 0 Å². The van der Waals surface area contributed by atoms with E-state index in [4.69, 9.17) is 0 Å². The van der Waals surface area contributed by atoms with Crippen molar-refractivity contribution in [2.45, 2.75) is 38.8 Å². The minimum absolute atomic E-state index is 0.0347. The zero-order valence-corrected chi connectivity index (χ0v) is 8.99. The number of hydrogen-bond acceptors (Lipinski definition) is 3. The summed E-state index contributed by atoms with van der Waals surface area (Å²) in [6.45, 7) is 5.77. The van der Waals surface area contributed by atoms with Crippen molar-refractivity contribution in [3.8, 4) is 0 Å². The summed E-state index contributed by atoms with van der Waals surface area (Å²) in [5, 5.41) is 12.4. The Kier molecular flexibility index (Phi) is 4.35. The summed E-state index contributed by atoms with van der Waals surface area (Å²) < 4.78 is 0. The number of aliphatic hydroxyl groups excluding tert-OH is 1. The van der Waals surface area contributed by atoms with Gasteiger partial charge in [-0.2, -0.15) is 0 Å². The minimum atomic E-state index is -0.431. The van der Waals surface area contributed by atoms with Gasteiger partial charge < -0.3 is 15.3 Å². The van der Waals surface area contributed by atoms with Crippen molar-refractivity contribution in [1.82, 2.24) is 10.2 Å². The van der Waals surface area contributed by atoms with Crippen LogP contribution in [0.2, 0.25) is 0 Å². The normalized spacial score (nSPS) is 25.2. The van der Waals surface area contributed by atoms with Crippen molar-refractivity contribution >= 4 is 5.91 Å². The number of carbonyl (C=O) groups is 1. The Hall–Kier alpha value is -0.610. The molecule has 1 aliphatic rings. The number of hydrogen-bond donors (Lipinski definition) is 2. The lowest BCUT2D eigenvalue weighted by atomic mass is 10.0. The highest BCUT2D eigenvalue weighted by Crippen LogP contribution is 2.11. The maximum Gasteiger partial charge on any atom is 0.239 e. The van der Waals surface area contributed by atoms with Crippen LogP contribution in [0.15, 0.2) is 0 Å².